The zero-order valence-corrected chi connectivity index (χ0v) is 38.2. The minimum absolute atomic E-state index is 0.00708. The van der Waals surface area contributed by atoms with Crippen LogP contribution in [-0.2, 0) is 10.8 Å². The summed E-state index contributed by atoms with van der Waals surface area (Å²) in [6, 6.07) is 69.4. The summed E-state index contributed by atoms with van der Waals surface area (Å²) in [6.07, 6.45) is 8.54. The Morgan fingerprint density at radius 2 is 1.05 bits per heavy atom. The highest BCUT2D eigenvalue weighted by atomic mass is 15.2. The summed E-state index contributed by atoms with van der Waals surface area (Å²) in [6.45, 7) is 7.07. The Hall–Kier alpha value is -6.78. The molecule has 0 N–H and O–H groups in total. The first-order valence-corrected chi connectivity index (χ1v) is 24.5. The normalized spacial score (nSPS) is 21.3. The number of fused-ring (bicyclic) bond motifs is 7. The van der Waals surface area contributed by atoms with E-state index in [9.17, 15) is 0 Å². The molecule has 15 rings (SSSR count). The summed E-state index contributed by atoms with van der Waals surface area (Å²) in [5, 5.41) is 2.73. The molecule has 4 fully saturated rings. The maximum Gasteiger partial charge on any atom is 0.252 e. The molecule has 0 saturated heterocycles. The molecule has 320 valence electrons. The summed E-state index contributed by atoms with van der Waals surface area (Å²) in [4.78, 5) is 5.12. The van der Waals surface area contributed by atoms with E-state index in [-0.39, 0.29) is 12.1 Å². The van der Waals surface area contributed by atoms with Crippen molar-refractivity contribution in [2.45, 2.75) is 70.1 Å². The summed E-state index contributed by atoms with van der Waals surface area (Å²) in [5.41, 5.74) is 20.7. The van der Waals surface area contributed by atoms with Crippen molar-refractivity contribution in [1.29, 1.82) is 0 Å². The second-order valence-corrected chi connectivity index (χ2v) is 21.6. The molecule has 3 heterocycles. The third-order valence-electron chi connectivity index (χ3n) is 16.6. The maximum atomic E-state index is 2.63. The van der Waals surface area contributed by atoms with Gasteiger partial charge in [0, 0.05) is 50.6 Å². The van der Waals surface area contributed by atoms with Gasteiger partial charge < -0.3 is 14.4 Å². The van der Waals surface area contributed by atoms with Gasteiger partial charge >= 0.3 is 0 Å². The van der Waals surface area contributed by atoms with Crippen LogP contribution in [0.25, 0.3) is 38.6 Å². The van der Waals surface area contributed by atoms with E-state index < -0.39 is 0 Å². The second kappa shape index (κ2) is 14.1. The van der Waals surface area contributed by atoms with Crippen molar-refractivity contribution in [2.75, 3.05) is 9.80 Å². The van der Waals surface area contributed by atoms with E-state index in [0.717, 1.165) is 17.8 Å². The Balaban J connectivity index is 1.02. The molecule has 4 bridgehead atoms. The van der Waals surface area contributed by atoms with Crippen LogP contribution in [0, 0.1) is 17.8 Å². The summed E-state index contributed by atoms with van der Waals surface area (Å²) >= 11 is 0. The highest BCUT2D eigenvalue weighted by molar-refractivity contribution is 7.00. The quantitative estimate of drug-likeness (QED) is 0.160. The number of rotatable bonds is 5. The van der Waals surface area contributed by atoms with E-state index in [0.29, 0.717) is 5.41 Å². The van der Waals surface area contributed by atoms with Gasteiger partial charge in [0.1, 0.15) is 0 Å². The minimum atomic E-state index is -0.0939. The highest BCUT2D eigenvalue weighted by Crippen LogP contribution is 2.61. The second-order valence-electron chi connectivity index (χ2n) is 21.6. The highest BCUT2D eigenvalue weighted by Gasteiger charge is 2.52. The number of para-hydroxylation sites is 3. The molecule has 0 unspecified atom stereocenters. The average molecular weight is 852 g/mol. The molecule has 4 heteroatoms. The minimum Gasteiger partial charge on any atom is -0.311 e. The van der Waals surface area contributed by atoms with Crippen molar-refractivity contribution >= 4 is 79.0 Å². The van der Waals surface area contributed by atoms with Crippen LogP contribution in [0.2, 0.25) is 0 Å². The lowest BCUT2D eigenvalue weighted by atomic mass is 9.33. The van der Waals surface area contributed by atoms with Gasteiger partial charge in [-0.05, 0) is 179 Å². The van der Waals surface area contributed by atoms with Crippen molar-refractivity contribution in [3.63, 3.8) is 0 Å². The first-order chi connectivity index (χ1) is 32.3. The van der Waals surface area contributed by atoms with Gasteiger partial charge in [-0.15, -0.1) is 0 Å². The molecule has 6 aliphatic rings. The summed E-state index contributed by atoms with van der Waals surface area (Å²) in [7, 11) is 0. The van der Waals surface area contributed by atoms with Gasteiger partial charge in [0.15, 0.2) is 0 Å². The molecule has 1 aromatic heterocycles. The number of nitrogens with zero attached hydrogens (tertiary/aromatic N) is 3. The Bertz CT molecular complexity index is 3360. The van der Waals surface area contributed by atoms with Crippen molar-refractivity contribution in [3.8, 4) is 16.8 Å². The van der Waals surface area contributed by atoms with Gasteiger partial charge in [0.25, 0.3) is 6.71 Å². The Morgan fingerprint density at radius 3 is 1.70 bits per heavy atom. The third kappa shape index (κ3) is 5.70. The van der Waals surface area contributed by atoms with E-state index in [1.54, 1.807) is 5.56 Å². The van der Waals surface area contributed by atoms with E-state index in [4.69, 9.17) is 0 Å². The fourth-order valence-electron chi connectivity index (χ4n) is 14.1. The standard InChI is InChI=1S/C62H54BN3/c1-61(2,3)46-34-58-60-59(35-46)65(48-19-11-6-12-20-48)57-36-49(25-26-52(57)63(60)53-32-44(43-15-7-4-8-16-43)23-27-56(53)64(58)47-17-9-5-10-18-47)66-54-22-14-13-21-50(54)51-33-45(24-28-55(51)66)62-37-40-29-41(38-62)31-42(30-40)39-62/h4-28,32-36,40-42H,29-31,37-39H2,1-3H3. The van der Waals surface area contributed by atoms with Crippen molar-refractivity contribution in [3.05, 3.63) is 193 Å². The Morgan fingerprint density at radius 1 is 0.455 bits per heavy atom. The molecule has 2 aliphatic heterocycles. The van der Waals surface area contributed by atoms with Gasteiger partial charge in [-0.3, -0.25) is 0 Å². The SMILES string of the molecule is CC(C)(C)c1cc2c3c(c1)N(c1ccccc1)c1cc(-n4c5ccccc5c5cc(C67CC8CC(CC(C8)C6)C7)ccc54)ccc1B3c1cc(-c3ccccc3)ccc1N2c1ccccc1. The lowest BCUT2D eigenvalue weighted by Gasteiger charge is -2.57. The molecule has 0 radical (unpaired) electrons. The number of hydrogen-bond donors (Lipinski definition) is 0. The van der Waals surface area contributed by atoms with E-state index in [1.165, 1.54) is 133 Å². The number of benzene rings is 8. The van der Waals surface area contributed by atoms with Gasteiger partial charge in [-0.25, -0.2) is 0 Å². The monoisotopic (exact) mass is 851 g/mol. The summed E-state index contributed by atoms with van der Waals surface area (Å²) in [5.74, 6) is 2.75. The molecule has 8 aromatic carbocycles. The molecule has 0 amide bonds. The van der Waals surface area contributed by atoms with Crippen LogP contribution in [0.4, 0.5) is 34.1 Å². The zero-order valence-electron chi connectivity index (χ0n) is 38.2. The molecule has 0 spiro atoms. The van der Waals surface area contributed by atoms with Crippen molar-refractivity contribution in [2.24, 2.45) is 17.8 Å². The predicted octanol–water partition coefficient (Wildman–Crippen LogP) is 14.3. The van der Waals surface area contributed by atoms with Crippen LogP contribution in [0.1, 0.15) is 70.4 Å². The molecule has 4 aliphatic carbocycles. The first-order valence-electron chi connectivity index (χ1n) is 24.5. The van der Waals surface area contributed by atoms with E-state index in [2.05, 4.69) is 217 Å². The van der Waals surface area contributed by atoms with Crippen LogP contribution < -0.4 is 26.2 Å². The zero-order chi connectivity index (χ0) is 43.9. The van der Waals surface area contributed by atoms with Crippen LogP contribution in [0.5, 0.6) is 0 Å². The maximum absolute atomic E-state index is 2.63. The molecule has 4 saturated carbocycles. The van der Waals surface area contributed by atoms with Gasteiger partial charge in [-0.1, -0.05) is 130 Å². The van der Waals surface area contributed by atoms with E-state index in [1.807, 2.05) is 0 Å². The third-order valence-corrected chi connectivity index (χ3v) is 16.6. The van der Waals surface area contributed by atoms with Gasteiger partial charge in [0.05, 0.1) is 11.0 Å². The molecular weight excluding hydrogens is 798 g/mol. The molecule has 3 nitrogen and oxygen atoms in total. The number of anilines is 6. The predicted molar refractivity (Wildman–Crippen MR) is 279 cm³/mol. The number of aromatic nitrogens is 1. The first kappa shape index (κ1) is 38.5. The van der Waals surface area contributed by atoms with Crippen molar-refractivity contribution in [1.82, 2.24) is 4.57 Å². The summed E-state index contributed by atoms with van der Waals surface area (Å²) < 4.78 is 2.56. The number of hydrogen-bond acceptors (Lipinski definition) is 2. The Labute approximate surface area is 389 Å². The largest absolute Gasteiger partial charge is 0.311 e. The lowest BCUT2D eigenvalue weighted by molar-refractivity contribution is -0.00512. The van der Waals surface area contributed by atoms with Crippen LogP contribution in [-0.4, -0.2) is 11.3 Å². The van der Waals surface area contributed by atoms with Crippen molar-refractivity contribution < 1.29 is 0 Å². The Kier molecular flexibility index (Phi) is 8.23. The molecule has 66 heavy (non-hydrogen) atoms. The molecule has 9 aromatic rings. The van der Waals surface area contributed by atoms with Crippen LogP contribution >= 0.6 is 0 Å². The smallest absolute Gasteiger partial charge is 0.252 e. The average Bonchev–Trinajstić information content (AvgIpc) is 3.67. The topological polar surface area (TPSA) is 11.4 Å². The van der Waals surface area contributed by atoms with Gasteiger partial charge in [-0.2, -0.15) is 0 Å². The fraction of sp³-hybridized carbons (Fsp3) is 0.226. The van der Waals surface area contributed by atoms with Crippen LogP contribution in [0.15, 0.2) is 182 Å². The van der Waals surface area contributed by atoms with Gasteiger partial charge in [0.2, 0.25) is 0 Å². The fourth-order valence-corrected chi connectivity index (χ4v) is 14.1. The van der Waals surface area contributed by atoms with Crippen LogP contribution in [0.3, 0.4) is 0 Å². The van der Waals surface area contributed by atoms with E-state index >= 15 is 0 Å². The molecular formula is C62H54BN3. The molecule has 0 atom stereocenters. The lowest BCUT2D eigenvalue weighted by Crippen LogP contribution is -2.61.